The van der Waals surface area contributed by atoms with E-state index in [9.17, 15) is 0 Å². The van der Waals surface area contributed by atoms with Crippen molar-refractivity contribution >= 4 is 11.3 Å². The summed E-state index contributed by atoms with van der Waals surface area (Å²) in [6.07, 6.45) is 0. The number of nitrogens with two attached hydrogens (primary N) is 1. The molecule has 0 fully saturated rings. The average molecular weight is 204 g/mol. The monoisotopic (exact) mass is 204 g/mol. The molecule has 0 amide bonds. The average Bonchev–Trinajstić information content (AvgIpc) is 2.65. The predicted octanol–water partition coefficient (Wildman–Crippen LogP) is 2.50. The van der Waals surface area contributed by atoms with Gasteiger partial charge in [-0.05, 0) is 12.5 Å². The predicted molar refractivity (Wildman–Crippen MR) is 59.3 cm³/mol. The van der Waals surface area contributed by atoms with Gasteiger partial charge in [0.15, 0.2) is 0 Å². The summed E-state index contributed by atoms with van der Waals surface area (Å²) in [6.45, 7) is 1.98. The van der Waals surface area contributed by atoms with Crippen molar-refractivity contribution in [1.29, 1.82) is 0 Å². The second-order valence-electron chi connectivity index (χ2n) is 3.22. The molecule has 0 spiro atoms. The Morgan fingerprint density at radius 3 is 2.57 bits per heavy atom. The molecule has 14 heavy (non-hydrogen) atoms. The lowest BCUT2D eigenvalue weighted by atomic mass is 10.1. The van der Waals surface area contributed by atoms with E-state index in [1.165, 1.54) is 0 Å². The summed E-state index contributed by atoms with van der Waals surface area (Å²) < 4.78 is 0. The number of thiazole rings is 1. The second-order valence-corrected chi connectivity index (χ2v) is 4.11. The van der Waals surface area contributed by atoms with E-state index in [1.807, 2.05) is 42.6 Å². The first-order valence-electron chi connectivity index (χ1n) is 4.50. The minimum absolute atomic E-state index is 0.0881. The summed E-state index contributed by atoms with van der Waals surface area (Å²) in [4.78, 5) is 4.38. The van der Waals surface area contributed by atoms with Crippen LogP contribution in [-0.2, 0) is 0 Å². The molecule has 3 heteroatoms. The molecule has 2 N–H and O–H groups in total. The van der Waals surface area contributed by atoms with Gasteiger partial charge >= 0.3 is 0 Å². The number of nitrogens with zero attached hydrogens (tertiary/aromatic N) is 1. The molecule has 0 saturated heterocycles. The minimum Gasteiger partial charge on any atom is -0.318 e. The fourth-order valence-corrected chi connectivity index (χ4v) is 2.14. The van der Waals surface area contributed by atoms with Gasteiger partial charge in [-0.2, -0.15) is 0 Å². The third kappa shape index (κ3) is 1.84. The molecule has 1 aromatic heterocycles. The fourth-order valence-electron chi connectivity index (χ4n) is 1.32. The molecule has 0 aliphatic rings. The van der Waals surface area contributed by atoms with Crippen LogP contribution in [-0.4, -0.2) is 4.98 Å². The SMILES string of the molecule is Cc1csc([C@H](N)c2ccccc2)n1. The molecule has 2 aromatic rings. The number of rotatable bonds is 2. The van der Waals surface area contributed by atoms with Gasteiger partial charge in [0, 0.05) is 11.1 Å². The summed E-state index contributed by atoms with van der Waals surface area (Å²) in [6, 6.07) is 9.95. The third-order valence-electron chi connectivity index (χ3n) is 2.06. The zero-order valence-corrected chi connectivity index (χ0v) is 8.79. The molecule has 0 bridgehead atoms. The summed E-state index contributed by atoms with van der Waals surface area (Å²) in [5.41, 5.74) is 8.23. The van der Waals surface area contributed by atoms with Gasteiger partial charge in [-0.15, -0.1) is 11.3 Å². The maximum atomic E-state index is 6.08. The van der Waals surface area contributed by atoms with Gasteiger partial charge < -0.3 is 5.73 Å². The van der Waals surface area contributed by atoms with Crippen LogP contribution in [0.3, 0.4) is 0 Å². The smallest absolute Gasteiger partial charge is 0.114 e. The quantitative estimate of drug-likeness (QED) is 0.816. The zero-order valence-electron chi connectivity index (χ0n) is 7.97. The van der Waals surface area contributed by atoms with Crippen molar-refractivity contribution in [2.24, 2.45) is 5.73 Å². The van der Waals surface area contributed by atoms with Crippen molar-refractivity contribution in [3.8, 4) is 0 Å². The van der Waals surface area contributed by atoms with E-state index >= 15 is 0 Å². The van der Waals surface area contributed by atoms with Crippen molar-refractivity contribution in [2.75, 3.05) is 0 Å². The van der Waals surface area contributed by atoms with E-state index in [-0.39, 0.29) is 6.04 Å². The van der Waals surface area contributed by atoms with Gasteiger partial charge in [-0.1, -0.05) is 30.3 Å². The van der Waals surface area contributed by atoms with Crippen LogP contribution in [0.15, 0.2) is 35.7 Å². The number of aromatic nitrogens is 1. The lowest BCUT2D eigenvalue weighted by Crippen LogP contribution is -2.11. The van der Waals surface area contributed by atoms with E-state index in [0.29, 0.717) is 0 Å². The molecular formula is C11H12N2S. The van der Waals surface area contributed by atoms with Crippen LogP contribution in [0.2, 0.25) is 0 Å². The maximum absolute atomic E-state index is 6.08. The Hall–Kier alpha value is -1.19. The van der Waals surface area contributed by atoms with Crippen molar-refractivity contribution in [3.63, 3.8) is 0 Å². The maximum Gasteiger partial charge on any atom is 0.114 e. The normalized spacial score (nSPS) is 12.7. The van der Waals surface area contributed by atoms with Crippen molar-refractivity contribution in [3.05, 3.63) is 52.0 Å². The highest BCUT2D eigenvalue weighted by Crippen LogP contribution is 2.22. The van der Waals surface area contributed by atoms with Gasteiger partial charge in [0.2, 0.25) is 0 Å². The highest BCUT2D eigenvalue weighted by Gasteiger charge is 2.11. The van der Waals surface area contributed by atoms with E-state index < -0.39 is 0 Å². The van der Waals surface area contributed by atoms with Crippen molar-refractivity contribution in [1.82, 2.24) is 4.98 Å². The fraction of sp³-hybridized carbons (Fsp3) is 0.182. The Morgan fingerprint density at radius 2 is 2.00 bits per heavy atom. The third-order valence-corrected chi connectivity index (χ3v) is 3.11. The number of aryl methyl sites for hydroxylation is 1. The lowest BCUT2D eigenvalue weighted by molar-refractivity contribution is 0.852. The van der Waals surface area contributed by atoms with E-state index in [0.717, 1.165) is 16.3 Å². The Bertz CT molecular complexity index is 408. The molecule has 2 rings (SSSR count). The minimum atomic E-state index is -0.0881. The van der Waals surface area contributed by atoms with Gasteiger partial charge in [0.25, 0.3) is 0 Å². The molecule has 0 radical (unpaired) electrons. The van der Waals surface area contributed by atoms with Crippen LogP contribution >= 0.6 is 11.3 Å². The van der Waals surface area contributed by atoms with Crippen molar-refractivity contribution in [2.45, 2.75) is 13.0 Å². The Morgan fingerprint density at radius 1 is 1.29 bits per heavy atom. The highest BCUT2D eigenvalue weighted by molar-refractivity contribution is 7.09. The van der Waals surface area contributed by atoms with E-state index in [4.69, 9.17) is 5.73 Å². The lowest BCUT2D eigenvalue weighted by Gasteiger charge is -2.07. The number of hydrogen-bond donors (Lipinski definition) is 1. The molecule has 0 saturated carbocycles. The second kappa shape index (κ2) is 3.90. The molecule has 0 aliphatic carbocycles. The van der Waals surface area contributed by atoms with E-state index in [2.05, 4.69) is 4.98 Å². The summed E-state index contributed by atoms with van der Waals surface area (Å²) >= 11 is 1.62. The van der Waals surface area contributed by atoms with Gasteiger partial charge in [-0.25, -0.2) is 4.98 Å². The summed E-state index contributed by atoms with van der Waals surface area (Å²) in [5, 5.41) is 3.01. The van der Waals surface area contributed by atoms with Crippen LogP contribution in [0, 0.1) is 6.92 Å². The van der Waals surface area contributed by atoms with Crippen LogP contribution in [0.1, 0.15) is 22.3 Å². The van der Waals surface area contributed by atoms with Gasteiger partial charge in [0.05, 0.1) is 6.04 Å². The summed E-state index contributed by atoms with van der Waals surface area (Å²) in [7, 11) is 0. The van der Waals surface area contributed by atoms with Gasteiger partial charge in [0.1, 0.15) is 5.01 Å². The summed E-state index contributed by atoms with van der Waals surface area (Å²) in [5.74, 6) is 0. The van der Waals surface area contributed by atoms with Crippen molar-refractivity contribution < 1.29 is 0 Å². The Balaban J connectivity index is 2.29. The molecule has 2 nitrogen and oxygen atoms in total. The number of benzene rings is 1. The molecule has 72 valence electrons. The first-order chi connectivity index (χ1) is 6.77. The van der Waals surface area contributed by atoms with Gasteiger partial charge in [-0.3, -0.25) is 0 Å². The first kappa shape index (κ1) is 9.37. The number of hydrogen-bond acceptors (Lipinski definition) is 3. The van der Waals surface area contributed by atoms with Crippen LogP contribution < -0.4 is 5.73 Å². The van der Waals surface area contributed by atoms with Crippen LogP contribution in [0.25, 0.3) is 0 Å². The Labute approximate surface area is 87.4 Å². The Kier molecular flexibility index (Phi) is 2.61. The zero-order chi connectivity index (χ0) is 9.97. The molecule has 1 atom stereocenters. The topological polar surface area (TPSA) is 38.9 Å². The molecule has 0 unspecified atom stereocenters. The highest BCUT2D eigenvalue weighted by atomic mass is 32.1. The molecule has 1 heterocycles. The molecule has 0 aliphatic heterocycles. The molecule has 1 aromatic carbocycles. The largest absolute Gasteiger partial charge is 0.318 e. The van der Waals surface area contributed by atoms with E-state index in [1.54, 1.807) is 11.3 Å². The molecular weight excluding hydrogens is 192 g/mol. The standard InChI is InChI=1S/C11H12N2S/c1-8-7-14-11(13-8)10(12)9-5-3-2-4-6-9/h2-7,10H,12H2,1H3/t10-/m1/s1. The van der Waals surface area contributed by atoms with Crippen LogP contribution in [0.5, 0.6) is 0 Å². The van der Waals surface area contributed by atoms with Crippen LogP contribution in [0.4, 0.5) is 0 Å². The first-order valence-corrected chi connectivity index (χ1v) is 5.38.